The Hall–Kier alpha value is -1.75. The second kappa shape index (κ2) is 4.98. The number of aromatic nitrogens is 2. The van der Waals surface area contributed by atoms with Gasteiger partial charge in [0.05, 0.1) is 5.69 Å². The first-order chi connectivity index (χ1) is 9.63. The molecule has 0 saturated carbocycles. The topological polar surface area (TPSA) is 29.9 Å². The number of fused-ring (bicyclic) bond motifs is 1. The van der Waals surface area contributed by atoms with Gasteiger partial charge < -0.3 is 5.32 Å². The van der Waals surface area contributed by atoms with Crippen LogP contribution in [0, 0.1) is 18.6 Å². The minimum Gasteiger partial charge on any atom is -0.311 e. The highest BCUT2D eigenvalue weighted by atomic mass is 19.1. The lowest BCUT2D eigenvalue weighted by Gasteiger charge is -2.17. The summed E-state index contributed by atoms with van der Waals surface area (Å²) in [5.74, 6) is -0.331. The Bertz CT molecular complexity index is 662. The number of hydrogen-bond acceptors (Lipinski definition) is 2. The number of rotatable bonds is 2. The first kappa shape index (κ1) is 13.2. The van der Waals surface area contributed by atoms with Crippen molar-refractivity contribution >= 4 is 0 Å². The van der Waals surface area contributed by atoms with Gasteiger partial charge in [-0.2, -0.15) is 0 Å². The average Bonchev–Trinajstić information content (AvgIpc) is 2.82. The molecule has 0 unspecified atom stereocenters. The lowest BCUT2D eigenvalue weighted by molar-refractivity contribution is 0.552. The summed E-state index contributed by atoms with van der Waals surface area (Å²) in [6.45, 7) is 5.05. The Morgan fingerprint density at radius 3 is 2.90 bits per heavy atom. The van der Waals surface area contributed by atoms with Gasteiger partial charge in [-0.3, -0.25) is 4.57 Å². The zero-order valence-corrected chi connectivity index (χ0v) is 11.6. The van der Waals surface area contributed by atoms with Crippen LogP contribution in [-0.2, 0) is 19.4 Å². The van der Waals surface area contributed by atoms with Crippen LogP contribution in [0.5, 0.6) is 0 Å². The van der Waals surface area contributed by atoms with Gasteiger partial charge in [-0.05, 0) is 18.6 Å². The number of nitrogens with zero attached hydrogens (tertiary/aromatic N) is 2. The van der Waals surface area contributed by atoms with Gasteiger partial charge in [0.25, 0.3) is 0 Å². The van der Waals surface area contributed by atoms with Crippen LogP contribution < -0.4 is 5.32 Å². The van der Waals surface area contributed by atoms with Gasteiger partial charge in [-0.1, -0.05) is 13.0 Å². The van der Waals surface area contributed by atoms with E-state index < -0.39 is 11.6 Å². The highest BCUT2D eigenvalue weighted by molar-refractivity contribution is 5.43. The molecule has 0 radical (unpaired) electrons. The van der Waals surface area contributed by atoms with E-state index in [9.17, 15) is 8.78 Å². The van der Waals surface area contributed by atoms with Crippen molar-refractivity contribution in [3.05, 3.63) is 46.5 Å². The molecule has 5 heteroatoms. The van der Waals surface area contributed by atoms with Crippen molar-refractivity contribution in [2.75, 3.05) is 6.54 Å². The molecular formula is C15H17F2N3. The van der Waals surface area contributed by atoms with Gasteiger partial charge in [0, 0.05) is 31.6 Å². The Kier molecular flexibility index (Phi) is 3.30. The molecule has 2 aromatic rings. The second-order valence-electron chi connectivity index (χ2n) is 5.06. The van der Waals surface area contributed by atoms with Crippen molar-refractivity contribution in [1.82, 2.24) is 14.9 Å². The molecule has 0 amide bonds. The monoisotopic (exact) mass is 277 g/mol. The number of benzene rings is 1. The van der Waals surface area contributed by atoms with Gasteiger partial charge >= 0.3 is 0 Å². The van der Waals surface area contributed by atoms with Gasteiger partial charge in [-0.25, -0.2) is 13.8 Å². The van der Waals surface area contributed by atoms with E-state index in [1.165, 1.54) is 12.1 Å². The predicted molar refractivity (Wildman–Crippen MR) is 73.0 cm³/mol. The molecular weight excluding hydrogens is 260 g/mol. The number of imidazole rings is 1. The lowest BCUT2D eigenvalue weighted by atomic mass is 10.1. The summed E-state index contributed by atoms with van der Waals surface area (Å²) >= 11 is 0. The maximum Gasteiger partial charge on any atom is 0.153 e. The van der Waals surface area contributed by atoms with Crippen LogP contribution in [0.4, 0.5) is 8.78 Å². The molecule has 106 valence electrons. The third-order valence-corrected chi connectivity index (χ3v) is 3.76. The summed E-state index contributed by atoms with van der Waals surface area (Å²) in [5, 5.41) is 3.23. The molecule has 0 atom stereocenters. The fourth-order valence-corrected chi connectivity index (χ4v) is 2.71. The quantitative estimate of drug-likeness (QED) is 0.914. The Labute approximate surface area is 116 Å². The normalized spacial score (nSPS) is 14.4. The van der Waals surface area contributed by atoms with Gasteiger partial charge in [0.15, 0.2) is 5.82 Å². The Morgan fingerprint density at radius 1 is 1.35 bits per heavy atom. The van der Waals surface area contributed by atoms with Gasteiger partial charge in [-0.15, -0.1) is 0 Å². The number of hydrogen-bond donors (Lipinski definition) is 1. The molecule has 20 heavy (non-hydrogen) atoms. The average molecular weight is 277 g/mol. The molecule has 0 aliphatic carbocycles. The molecule has 1 aliphatic rings. The van der Waals surface area contributed by atoms with Crippen molar-refractivity contribution in [2.24, 2.45) is 0 Å². The number of nitrogens with one attached hydrogen (secondary N) is 1. The van der Waals surface area contributed by atoms with Gasteiger partial charge in [0.2, 0.25) is 0 Å². The fraction of sp³-hybridized carbons (Fsp3) is 0.400. The highest BCUT2D eigenvalue weighted by Crippen LogP contribution is 2.27. The van der Waals surface area contributed by atoms with Crippen molar-refractivity contribution in [2.45, 2.75) is 33.2 Å². The lowest BCUT2D eigenvalue weighted by Crippen LogP contribution is -2.25. The maximum absolute atomic E-state index is 14.4. The predicted octanol–water partition coefficient (Wildman–Crippen LogP) is 2.67. The van der Waals surface area contributed by atoms with Crippen LogP contribution in [0.2, 0.25) is 0 Å². The standard InChI is InChI=1S/C15H17F2N3/c1-3-13-19-11-8-18-7-6-12(11)20(13)15-10(16)5-4-9(2)14(15)17/h4-5,18H,3,6-8H2,1-2H3. The van der Waals surface area contributed by atoms with E-state index in [1.54, 1.807) is 11.5 Å². The third kappa shape index (κ3) is 1.93. The molecule has 0 spiro atoms. The SMILES string of the molecule is CCc1nc2c(n1-c1c(F)ccc(C)c1F)CCNC2. The summed E-state index contributed by atoms with van der Waals surface area (Å²) in [4.78, 5) is 4.52. The highest BCUT2D eigenvalue weighted by Gasteiger charge is 2.24. The molecule has 3 nitrogen and oxygen atoms in total. The zero-order valence-electron chi connectivity index (χ0n) is 11.6. The van der Waals surface area contributed by atoms with E-state index in [1.807, 2.05) is 6.92 Å². The summed E-state index contributed by atoms with van der Waals surface area (Å²) < 4.78 is 30.3. The minimum atomic E-state index is -0.540. The summed E-state index contributed by atoms with van der Waals surface area (Å²) in [6.07, 6.45) is 1.37. The maximum atomic E-state index is 14.4. The van der Waals surface area contributed by atoms with Crippen LogP contribution in [0.25, 0.3) is 5.69 Å². The van der Waals surface area contributed by atoms with Crippen molar-refractivity contribution in [1.29, 1.82) is 0 Å². The first-order valence-electron chi connectivity index (χ1n) is 6.88. The van der Waals surface area contributed by atoms with E-state index in [-0.39, 0.29) is 5.69 Å². The molecule has 0 saturated heterocycles. The molecule has 2 heterocycles. The Morgan fingerprint density at radius 2 is 2.15 bits per heavy atom. The summed E-state index contributed by atoms with van der Waals surface area (Å²) in [5.41, 5.74) is 2.27. The van der Waals surface area contributed by atoms with E-state index in [0.29, 0.717) is 24.4 Å². The van der Waals surface area contributed by atoms with Crippen LogP contribution >= 0.6 is 0 Å². The van der Waals surface area contributed by atoms with Crippen LogP contribution in [0.3, 0.4) is 0 Å². The van der Waals surface area contributed by atoms with E-state index >= 15 is 0 Å². The second-order valence-corrected chi connectivity index (χ2v) is 5.06. The zero-order chi connectivity index (χ0) is 14.3. The Balaban J connectivity index is 2.29. The minimum absolute atomic E-state index is 0.0116. The number of aryl methyl sites for hydroxylation is 2. The smallest absolute Gasteiger partial charge is 0.153 e. The van der Waals surface area contributed by atoms with E-state index in [4.69, 9.17) is 0 Å². The van der Waals surface area contributed by atoms with Gasteiger partial charge in [0.1, 0.15) is 17.3 Å². The summed E-state index contributed by atoms with van der Waals surface area (Å²) in [7, 11) is 0. The molecule has 0 fully saturated rings. The van der Waals surface area contributed by atoms with E-state index in [0.717, 1.165) is 24.4 Å². The summed E-state index contributed by atoms with van der Waals surface area (Å²) in [6, 6.07) is 2.78. The fourth-order valence-electron chi connectivity index (χ4n) is 2.71. The van der Waals surface area contributed by atoms with Crippen LogP contribution in [0.15, 0.2) is 12.1 Å². The molecule has 3 rings (SSSR count). The van der Waals surface area contributed by atoms with Crippen LogP contribution in [0.1, 0.15) is 29.7 Å². The molecule has 0 bridgehead atoms. The largest absolute Gasteiger partial charge is 0.311 e. The van der Waals surface area contributed by atoms with Crippen molar-refractivity contribution < 1.29 is 8.78 Å². The van der Waals surface area contributed by atoms with Crippen LogP contribution in [-0.4, -0.2) is 16.1 Å². The molecule has 1 aromatic heterocycles. The number of halogens is 2. The molecule has 1 aromatic carbocycles. The third-order valence-electron chi connectivity index (χ3n) is 3.76. The van der Waals surface area contributed by atoms with Crippen molar-refractivity contribution in [3.8, 4) is 5.69 Å². The molecule has 1 aliphatic heterocycles. The van der Waals surface area contributed by atoms with Crippen molar-refractivity contribution in [3.63, 3.8) is 0 Å². The molecule has 1 N–H and O–H groups in total. The van der Waals surface area contributed by atoms with E-state index in [2.05, 4.69) is 10.3 Å². The first-order valence-corrected chi connectivity index (χ1v) is 6.88.